The van der Waals surface area contributed by atoms with E-state index < -0.39 is 0 Å². The van der Waals surface area contributed by atoms with Gasteiger partial charge in [-0.1, -0.05) is 23.8 Å². The van der Waals surface area contributed by atoms with Crippen molar-refractivity contribution >= 4 is 0 Å². The highest BCUT2D eigenvalue weighted by molar-refractivity contribution is 5.70. The molecule has 0 atom stereocenters. The Morgan fingerprint density at radius 2 is 2.00 bits per heavy atom. The molecule has 1 N–H and O–H groups in total. The molecule has 1 aliphatic carbocycles. The molecule has 0 spiro atoms. The van der Waals surface area contributed by atoms with Gasteiger partial charge in [0.25, 0.3) is 0 Å². The number of hydrogen-bond acceptors (Lipinski definition) is 2. The fourth-order valence-electron chi connectivity index (χ4n) is 2.41. The molecule has 1 heterocycles. The van der Waals surface area contributed by atoms with Gasteiger partial charge in [0.1, 0.15) is 0 Å². The van der Waals surface area contributed by atoms with E-state index in [0.29, 0.717) is 0 Å². The third-order valence-electron chi connectivity index (χ3n) is 3.73. The van der Waals surface area contributed by atoms with Crippen LogP contribution < -0.4 is 5.32 Å². The summed E-state index contributed by atoms with van der Waals surface area (Å²) in [5, 5.41) is 3.61. The second kappa shape index (κ2) is 5.14. The van der Waals surface area contributed by atoms with Crippen molar-refractivity contribution in [2.45, 2.75) is 39.3 Å². The zero-order chi connectivity index (χ0) is 13.2. The van der Waals surface area contributed by atoms with E-state index in [4.69, 9.17) is 0 Å². The average Bonchev–Trinajstić information content (AvgIpc) is 3.22. The van der Waals surface area contributed by atoms with Gasteiger partial charge >= 0.3 is 0 Å². The Morgan fingerprint density at radius 3 is 2.74 bits per heavy atom. The largest absolute Gasteiger partial charge is 0.310 e. The van der Waals surface area contributed by atoms with Crippen LogP contribution in [0.2, 0.25) is 0 Å². The molecule has 0 amide bonds. The first-order valence-electron chi connectivity index (χ1n) is 6.98. The number of rotatable bonds is 4. The maximum Gasteiger partial charge on any atom is 0.0303 e. The molecule has 1 saturated carbocycles. The SMILES string of the molecule is Cc1ccc(CNC2CC2)c(-c2ccncc2C)c1. The minimum atomic E-state index is 0.743. The van der Waals surface area contributed by atoms with E-state index in [1.807, 2.05) is 12.4 Å². The molecule has 3 rings (SSSR count). The molecule has 1 aromatic heterocycles. The molecule has 1 aromatic carbocycles. The summed E-state index contributed by atoms with van der Waals surface area (Å²) in [7, 11) is 0. The Morgan fingerprint density at radius 1 is 1.16 bits per heavy atom. The van der Waals surface area contributed by atoms with E-state index in [0.717, 1.165) is 12.6 Å². The standard InChI is InChI=1S/C17H20N2/c1-12-3-4-14(11-19-15-5-6-15)17(9-12)16-7-8-18-10-13(16)2/h3-4,7-10,15,19H,5-6,11H2,1-2H3. The molecule has 19 heavy (non-hydrogen) atoms. The molecule has 0 saturated heterocycles. The van der Waals surface area contributed by atoms with Crippen LogP contribution in [0, 0.1) is 13.8 Å². The number of benzene rings is 1. The van der Waals surface area contributed by atoms with Gasteiger partial charge in [-0.15, -0.1) is 0 Å². The predicted octanol–water partition coefficient (Wildman–Crippen LogP) is 3.62. The van der Waals surface area contributed by atoms with E-state index in [2.05, 4.69) is 48.4 Å². The lowest BCUT2D eigenvalue weighted by Crippen LogP contribution is -2.16. The minimum absolute atomic E-state index is 0.743. The number of pyridine rings is 1. The lowest BCUT2D eigenvalue weighted by atomic mass is 9.95. The van der Waals surface area contributed by atoms with Crippen molar-refractivity contribution in [3.8, 4) is 11.1 Å². The molecule has 2 nitrogen and oxygen atoms in total. The van der Waals surface area contributed by atoms with Gasteiger partial charge in [0.2, 0.25) is 0 Å². The van der Waals surface area contributed by atoms with Crippen LogP contribution in [0.4, 0.5) is 0 Å². The van der Waals surface area contributed by atoms with Crippen LogP contribution in [0.15, 0.2) is 36.7 Å². The Balaban J connectivity index is 1.97. The van der Waals surface area contributed by atoms with E-state index in [-0.39, 0.29) is 0 Å². The quantitative estimate of drug-likeness (QED) is 0.899. The molecule has 0 aliphatic heterocycles. The monoisotopic (exact) mass is 252 g/mol. The first-order chi connectivity index (χ1) is 9.24. The van der Waals surface area contributed by atoms with E-state index in [9.17, 15) is 0 Å². The van der Waals surface area contributed by atoms with Crippen LogP contribution in [-0.2, 0) is 6.54 Å². The van der Waals surface area contributed by atoms with Crippen LogP contribution in [0.25, 0.3) is 11.1 Å². The van der Waals surface area contributed by atoms with Crippen molar-refractivity contribution < 1.29 is 0 Å². The van der Waals surface area contributed by atoms with Gasteiger partial charge in [0.15, 0.2) is 0 Å². The molecule has 2 aromatic rings. The van der Waals surface area contributed by atoms with E-state index in [1.54, 1.807) is 0 Å². The highest BCUT2D eigenvalue weighted by Crippen LogP contribution is 2.28. The summed E-state index contributed by atoms with van der Waals surface area (Å²) in [6.07, 6.45) is 6.48. The second-order valence-corrected chi connectivity index (χ2v) is 5.51. The molecule has 1 aliphatic rings. The normalized spacial score (nSPS) is 14.6. The molecule has 98 valence electrons. The fraction of sp³-hybridized carbons (Fsp3) is 0.353. The molecule has 0 unspecified atom stereocenters. The number of nitrogens with zero attached hydrogens (tertiary/aromatic N) is 1. The van der Waals surface area contributed by atoms with E-state index >= 15 is 0 Å². The van der Waals surface area contributed by atoms with Gasteiger partial charge in [-0.3, -0.25) is 4.98 Å². The van der Waals surface area contributed by atoms with Crippen LogP contribution in [-0.4, -0.2) is 11.0 Å². The number of aromatic nitrogens is 1. The smallest absolute Gasteiger partial charge is 0.0303 e. The first-order valence-corrected chi connectivity index (χ1v) is 6.98. The first kappa shape index (κ1) is 12.4. The van der Waals surface area contributed by atoms with Crippen molar-refractivity contribution in [2.75, 3.05) is 0 Å². The molecular weight excluding hydrogens is 232 g/mol. The fourth-order valence-corrected chi connectivity index (χ4v) is 2.41. The van der Waals surface area contributed by atoms with Crippen molar-refractivity contribution in [1.82, 2.24) is 10.3 Å². The summed E-state index contributed by atoms with van der Waals surface area (Å²) >= 11 is 0. The Bertz CT molecular complexity index is 586. The number of nitrogens with one attached hydrogen (secondary N) is 1. The van der Waals surface area contributed by atoms with Crippen LogP contribution >= 0.6 is 0 Å². The zero-order valence-electron chi connectivity index (χ0n) is 11.6. The number of aryl methyl sites for hydroxylation is 2. The Hall–Kier alpha value is -1.67. The summed E-state index contributed by atoms with van der Waals surface area (Å²) in [5.41, 5.74) is 6.56. The maximum absolute atomic E-state index is 4.19. The van der Waals surface area contributed by atoms with Gasteiger partial charge in [-0.2, -0.15) is 0 Å². The molecule has 2 heteroatoms. The van der Waals surface area contributed by atoms with Crippen molar-refractivity contribution in [2.24, 2.45) is 0 Å². The number of hydrogen-bond donors (Lipinski definition) is 1. The Kier molecular flexibility index (Phi) is 3.34. The summed E-state index contributed by atoms with van der Waals surface area (Å²) in [5.74, 6) is 0. The molecule has 0 bridgehead atoms. The lowest BCUT2D eigenvalue weighted by Gasteiger charge is -2.13. The van der Waals surface area contributed by atoms with Crippen LogP contribution in [0.5, 0.6) is 0 Å². The van der Waals surface area contributed by atoms with Crippen LogP contribution in [0.1, 0.15) is 29.5 Å². The van der Waals surface area contributed by atoms with Gasteiger partial charge in [-0.25, -0.2) is 0 Å². The lowest BCUT2D eigenvalue weighted by molar-refractivity contribution is 0.688. The van der Waals surface area contributed by atoms with E-state index in [1.165, 1.54) is 40.7 Å². The molecule has 1 fully saturated rings. The highest BCUT2D eigenvalue weighted by Gasteiger charge is 2.20. The second-order valence-electron chi connectivity index (χ2n) is 5.51. The third-order valence-corrected chi connectivity index (χ3v) is 3.73. The zero-order valence-corrected chi connectivity index (χ0v) is 11.6. The summed E-state index contributed by atoms with van der Waals surface area (Å²) < 4.78 is 0. The van der Waals surface area contributed by atoms with Gasteiger partial charge in [-0.05, 0) is 55.0 Å². The van der Waals surface area contributed by atoms with Gasteiger partial charge < -0.3 is 5.32 Å². The van der Waals surface area contributed by atoms with Gasteiger partial charge in [0.05, 0.1) is 0 Å². The average molecular weight is 252 g/mol. The third kappa shape index (κ3) is 2.85. The summed E-state index contributed by atoms with van der Waals surface area (Å²) in [6, 6.07) is 9.59. The van der Waals surface area contributed by atoms with Crippen molar-refractivity contribution in [3.63, 3.8) is 0 Å². The molecular formula is C17H20N2. The molecule has 0 radical (unpaired) electrons. The predicted molar refractivity (Wildman–Crippen MR) is 79.0 cm³/mol. The minimum Gasteiger partial charge on any atom is -0.310 e. The highest BCUT2D eigenvalue weighted by atomic mass is 14.9. The Labute approximate surface area is 114 Å². The van der Waals surface area contributed by atoms with Crippen molar-refractivity contribution in [3.05, 3.63) is 53.3 Å². The topological polar surface area (TPSA) is 24.9 Å². The van der Waals surface area contributed by atoms with Gasteiger partial charge in [0, 0.05) is 25.0 Å². The maximum atomic E-state index is 4.19. The van der Waals surface area contributed by atoms with Crippen LogP contribution in [0.3, 0.4) is 0 Å². The van der Waals surface area contributed by atoms with Crippen molar-refractivity contribution in [1.29, 1.82) is 0 Å². The summed E-state index contributed by atoms with van der Waals surface area (Å²) in [6.45, 7) is 5.24. The summed E-state index contributed by atoms with van der Waals surface area (Å²) in [4.78, 5) is 4.19.